The zero-order valence-electron chi connectivity index (χ0n) is 14.1. The van der Waals surface area contributed by atoms with Gasteiger partial charge in [0.15, 0.2) is 0 Å². The lowest BCUT2D eigenvalue weighted by molar-refractivity contribution is 0.0374. The first-order valence-corrected chi connectivity index (χ1v) is 8.70. The fraction of sp³-hybridized carbons (Fsp3) is 0.647. The van der Waals surface area contributed by atoms with Crippen molar-refractivity contribution in [1.82, 2.24) is 15.2 Å². The van der Waals surface area contributed by atoms with E-state index in [1.165, 1.54) is 0 Å². The molecule has 0 atom stereocenters. The summed E-state index contributed by atoms with van der Waals surface area (Å²) in [7, 11) is 0. The highest BCUT2D eigenvalue weighted by Crippen LogP contribution is 2.13. The molecular formula is C17H26N4O3. The summed E-state index contributed by atoms with van der Waals surface area (Å²) in [6.45, 7) is 8.43. The number of carbonyl (C=O) groups is 1. The number of hydrogen-bond acceptors (Lipinski definition) is 6. The Morgan fingerprint density at radius 3 is 2.46 bits per heavy atom. The molecule has 0 radical (unpaired) electrons. The van der Waals surface area contributed by atoms with E-state index >= 15 is 0 Å². The second kappa shape index (κ2) is 8.96. The van der Waals surface area contributed by atoms with Crippen LogP contribution in [0.5, 0.6) is 0 Å². The minimum Gasteiger partial charge on any atom is -0.379 e. The number of aromatic nitrogens is 1. The molecule has 2 aliphatic heterocycles. The number of carbonyl (C=O) groups excluding carboxylic acids is 1. The molecule has 24 heavy (non-hydrogen) atoms. The predicted octanol–water partition coefficient (Wildman–Crippen LogP) is 0.370. The summed E-state index contributed by atoms with van der Waals surface area (Å²) in [5.41, 5.74) is 0.610. The van der Waals surface area contributed by atoms with Crippen LogP contribution in [0.1, 0.15) is 16.8 Å². The first-order valence-electron chi connectivity index (χ1n) is 8.70. The quantitative estimate of drug-likeness (QED) is 0.758. The van der Waals surface area contributed by atoms with Crippen molar-refractivity contribution >= 4 is 11.7 Å². The lowest BCUT2D eigenvalue weighted by Crippen LogP contribution is -2.38. The van der Waals surface area contributed by atoms with E-state index in [1.54, 1.807) is 6.20 Å². The standard InChI is InChI=1S/C17H26N4O3/c22-17(18-4-1-5-20-6-10-23-11-7-20)15-2-3-16(19-14-15)21-8-12-24-13-9-21/h2-3,14H,1,4-13H2,(H,18,22). The van der Waals surface area contributed by atoms with Crippen LogP contribution in [0.3, 0.4) is 0 Å². The molecular weight excluding hydrogens is 308 g/mol. The van der Waals surface area contributed by atoms with Gasteiger partial charge in [0, 0.05) is 38.9 Å². The molecule has 2 aliphatic rings. The number of nitrogens with zero attached hydrogens (tertiary/aromatic N) is 3. The van der Waals surface area contributed by atoms with Crippen LogP contribution in [-0.2, 0) is 9.47 Å². The second-order valence-electron chi connectivity index (χ2n) is 6.07. The minimum absolute atomic E-state index is 0.0574. The van der Waals surface area contributed by atoms with Crippen LogP contribution in [0, 0.1) is 0 Å². The van der Waals surface area contributed by atoms with Gasteiger partial charge in [-0.05, 0) is 25.1 Å². The highest BCUT2D eigenvalue weighted by molar-refractivity contribution is 5.94. The van der Waals surface area contributed by atoms with E-state index in [9.17, 15) is 4.79 Å². The third kappa shape index (κ3) is 4.90. The molecule has 3 rings (SSSR count). The van der Waals surface area contributed by atoms with Crippen LogP contribution in [-0.4, -0.2) is 81.5 Å². The molecule has 1 N–H and O–H groups in total. The number of ether oxygens (including phenoxy) is 2. The third-order valence-electron chi connectivity index (χ3n) is 4.39. The summed E-state index contributed by atoms with van der Waals surface area (Å²) in [4.78, 5) is 21.1. The van der Waals surface area contributed by atoms with E-state index in [2.05, 4.69) is 20.1 Å². The van der Waals surface area contributed by atoms with Gasteiger partial charge in [-0.2, -0.15) is 0 Å². The molecule has 2 saturated heterocycles. The van der Waals surface area contributed by atoms with Crippen molar-refractivity contribution in [3.05, 3.63) is 23.9 Å². The first kappa shape index (κ1) is 17.1. The summed E-state index contributed by atoms with van der Waals surface area (Å²) in [6, 6.07) is 3.75. The van der Waals surface area contributed by atoms with Crippen molar-refractivity contribution in [2.75, 3.05) is 70.6 Å². The molecule has 0 saturated carbocycles. The van der Waals surface area contributed by atoms with Gasteiger partial charge in [0.2, 0.25) is 0 Å². The third-order valence-corrected chi connectivity index (χ3v) is 4.39. The van der Waals surface area contributed by atoms with E-state index in [0.717, 1.165) is 71.4 Å². The number of anilines is 1. The van der Waals surface area contributed by atoms with E-state index in [0.29, 0.717) is 12.1 Å². The Balaban J connectivity index is 1.39. The monoisotopic (exact) mass is 334 g/mol. The highest BCUT2D eigenvalue weighted by Gasteiger charge is 2.13. The van der Waals surface area contributed by atoms with Gasteiger partial charge in [0.25, 0.3) is 5.91 Å². The molecule has 1 amide bonds. The topological polar surface area (TPSA) is 66.9 Å². The van der Waals surface area contributed by atoms with E-state index in [1.807, 2.05) is 12.1 Å². The van der Waals surface area contributed by atoms with Gasteiger partial charge in [-0.1, -0.05) is 0 Å². The minimum atomic E-state index is -0.0574. The number of morpholine rings is 2. The van der Waals surface area contributed by atoms with Crippen molar-refractivity contribution < 1.29 is 14.3 Å². The molecule has 0 bridgehead atoms. The molecule has 0 aliphatic carbocycles. The Morgan fingerprint density at radius 2 is 1.79 bits per heavy atom. The lowest BCUT2D eigenvalue weighted by atomic mass is 10.2. The summed E-state index contributed by atoms with van der Waals surface area (Å²) in [6.07, 6.45) is 2.60. The van der Waals surface area contributed by atoms with E-state index < -0.39 is 0 Å². The first-order chi connectivity index (χ1) is 11.8. The van der Waals surface area contributed by atoms with Gasteiger partial charge in [-0.3, -0.25) is 9.69 Å². The maximum absolute atomic E-state index is 12.2. The zero-order valence-corrected chi connectivity index (χ0v) is 14.1. The maximum Gasteiger partial charge on any atom is 0.252 e. The average molecular weight is 334 g/mol. The lowest BCUT2D eigenvalue weighted by Gasteiger charge is -2.27. The average Bonchev–Trinajstić information content (AvgIpc) is 2.67. The molecule has 0 unspecified atom stereocenters. The van der Waals surface area contributed by atoms with Crippen LogP contribution >= 0.6 is 0 Å². The maximum atomic E-state index is 12.2. The van der Waals surface area contributed by atoms with Crippen molar-refractivity contribution in [2.24, 2.45) is 0 Å². The number of amides is 1. The highest BCUT2D eigenvalue weighted by atomic mass is 16.5. The fourth-order valence-corrected chi connectivity index (χ4v) is 2.93. The van der Waals surface area contributed by atoms with Crippen molar-refractivity contribution in [3.63, 3.8) is 0 Å². The number of hydrogen-bond donors (Lipinski definition) is 1. The SMILES string of the molecule is O=C(NCCCN1CCOCC1)c1ccc(N2CCOCC2)nc1. The normalized spacial score (nSPS) is 19.2. The molecule has 2 fully saturated rings. The summed E-state index contributed by atoms with van der Waals surface area (Å²) in [5.74, 6) is 0.847. The Labute approximate surface area is 142 Å². The molecule has 1 aromatic heterocycles. The van der Waals surface area contributed by atoms with E-state index in [-0.39, 0.29) is 5.91 Å². The fourth-order valence-electron chi connectivity index (χ4n) is 2.93. The van der Waals surface area contributed by atoms with Gasteiger partial charge >= 0.3 is 0 Å². The number of pyridine rings is 1. The molecule has 132 valence electrons. The van der Waals surface area contributed by atoms with Gasteiger partial charge in [0.05, 0.1) is 32.0 Å². The van der Waals surface area contributed by atoms with Crippen molar-refractivity contribution in [3.8, 4) is 0 Å². The molecule has 7 heteroatoms. The number of nitrogens with one attached hydrogen (secondary N) is 1. The van der Waals surface area contributed by atoms with Crippen molar-refractivity contribution in [1.29, 1.82) is 0 Å². The Hall–Kier alpha value is -1.70. The summed E-state index contributed by atoms with van der Waals surface area (Å²) in [5, 5.41) is 2.97. The van der Waals surface area contributed by atoms with Crippen LogP contribution in [0.2, 0.25) is 0 Å². The van der Waals surface area contributed by atoms with Crippen LogP contribution in [0.25, 0.3) is 0 Å². The van der Waals surface area contributed by atoms with Crippen LogP contribution in [0.15, 0.2) is 18.3 Å². The van der Waals surface area contributed by atoms with Crippen molar-refractivity contribution in [2.45, 2.75) is 6.42 Å². The van der Waals surface area contributed by atoms with Crippen LogP contribution in [0.4, 0.5) is 5.82 Å². The van der Waals surface area contributed by atoms with E-state index in [4.69, 9.17) is 9.47 Å². The largest absolute Gasteiger partial charge is 0.379 e. The molecule has 0 spiro atoms. The Morgan fingerprint density at radius 1 is 1.08 bits per heavy atom. The van der Waals surface area contributed by atoms with Gasteiger partial charge in [0.1, 0.15) is 5.82 Å². The summed E-state index contributed by atoms with van der Waals surface area (Å²) >= 11 is 0. The second-order valence-corrected chi connectivity index (χ2v) is 6.07. The molecule has 1 aromatic rings. The van der Waals surface area contributed by atoms with Gasteiger partial charge in [-0.25, -0.2) is 4.98 Å². The Bertz CT molecular complexity index is 511. The number of rotatable bonds is 6. The smallest absolute Gasteiger partial charge is 0.252 e. The predicted molar refractivity (Wildman–Crippen MR) is 91.5 cm³/mol. The summed E-state index contributed by atoms with van der Waals surface area (Å²) < 4.78 is 10.7. The van der Waals surface area contributed by atoms with Crippen LogP contribution < -0.4 is 10.2 Å². The molecule has 0 aromatic carbocycles. The Kier molecular flexibility index (Phi) is 6.40. The zero-order chi connectivity index (χ0) is 16.6. The molecule has 7 nitrogen and oxygen atoms in total. The van der Waals surface area contributed by atoms with Gasteiger partial charge in [-0.15, -0.1) is 0 Å². The molecule has 3 heterocycles. The van der Waals surface area contributed by atoms with Gasteiger partial charge < -0.3 is 19.7 Å².